The topological polar surface area (TPSA) is 135 Å². The Bertz CT molecular complexity index is 1220. The van der Waals surface area contributed by atoms with E-state index in [4.69, 9.17) is 0 Å². The highest BCUT2D eigenvalue weighted by molar-refractivity contribution is 5.99. The van der Waals surface area contributed by atoms with Crippen molar-refractivity contribution in [1.29, 1.82) is 0 Å². The Morgan fingerprint density at radius 2 is 1.82 bits per heavy atom. The van der Waals surface area contributed by atoms with Crippen LogP contribution in [0.5, 0.6) is 0 Å². The molecule has 4 heterocycles. The van der Waals surface area contributed by atoms with E-state index in [0.29, 0.717) is 30.0 Å². The van der Waals surface area contributed by atoms with Gasteiger partial charge in [0.25, 0.3) is 11.6 Å². The molecule has 5 rings (SSSR count). The molecule has 1 amide bonds. The lowest BCUT2D eigenvalue weighted by atomic mass is 10.0. The summed E-state index contributed by atoms with van der Waals surface area (Å²) in [6.45, 7) is 2.93. The van der Waals surface area contributed by atoms with Crippen LogP contribution in [-0.4, -0.2) is 38.9 Å². The Balaban J connectivity index is 1.77. The van der Waals surface area contributed by atoms with Gasteiger partial charge in [-0.3, -0.25) is 14.9 Å². The van der Waals surface area contributed by atoms with Crippen LogP contribution in [0.25, 0.3) is 11.1 Å². The third-order valence-corrected chi connectivity index (χ3v) is 5.26. The van der Waals surface area contributed by atoms with Gasteiger partial charge in [0, 0.05) is 42.7 Å². The fourth-order valence-corrected chi connectivity index (χ4v) is 3.48. The zero-order valence-electron chi connectivity index (χ0n) is 17.9. The van der Waals surface area contributed by atoms with Crippen LogP contribution in [0.15, 0.2) is 36.7 Å². The van der Waals surface area contributed by atoms with Gasteiger partial charge >= 0.3 is 0 Å². The Kier molecular flexibility index (Phi) is 6.38. The highest BCUT2D eigenvalue weighted by Gasteiger charge is 2.21. The maximum atomic E-state index is 14.4. The SMILES string of the molecule is Cc1cnc2nc1NCCCCCNC(=O)c1ccc(cc1[N+](=O)[O-])-c1cnc(F)c(c1)N2. The Hall–Kier alpha value is -4.15. The maximum absolute atomic E-state index is 14.4. The van der Waals surface area contributed by atoms with E-state index in [1.54, 1.807) is 12.3 Å². The molecule has 2 aromatic heterocycles. The van der Waals surface area contributed by atoms with Crippen molar-refractivity contribution in [1.82, 2.24) is 20.3 Å². The minimum Gasteiger partial charge on any atom is -0.370 e. The van der Waals surface area contributed by atoms with E-state index in [-0.39, 0.29) is 22.9 Å². The van der Waals surface area contributed by atoms with Gasteiger partial charge in [-0.2, -0.15) is 9.37 Å². The number of halogens is 1. The van der Waals surface area contributed by atoms with Gasteiger partial charge in [-0.25, -0.2) is 9.97 Å². The standard InChI is InChI=1S/C22H22FN7O3/c1-13-11-27-22-28-17-9-15(12-26-19(17)23)14-5-6-16(18(10-14)30(32)33)21(31)25-8-4-2-3-7-24-20(13)29-22/h5-6,9-12H,2-4,7-8H2,1H3,(H,25,31)(H2,24,27,28,29). The quantitative estimate of drug-likeness (QED) is 0.287. The average molecular weight is 451 g/mol. The molecule has 0 fully saturated rings. The number of fused-ring (bicyclic) bond motifs is 9. The van der Waals surface area contributed by atoms with Crippen LogP contribution in [0.4, 0.5) is 27.5 Å². The molecular weight excluding hydrogens is 429 g/mol. The number of pyridine rings is 1. The van der Waals surface area contributed by atoms with Crippen molar-refractivity contribution >= 4 is 29.0 Å². The fourth-order valence-electron chi connectivity index (χ4n) is 3.48. The number of nitrogens with one attached hydrogen (secondary N) is 3. The zero-order chi connectivity index (χ0) is 23.4. The molecule has 3 aromatic rings. The van der Waals surface area contributed by atoms with Gasteiger partial charge in [0.1, 0.15) is 11.4 Å². The maximum Gasteiger partial charge on any atom is 0.282 e. The molecule has 6 bridgehead atoms. The highest BCUT2D eigenvalue weighted by atomic mass is 19.1. The van der Waals surface area contributed by atoms with Crippen molar-refractivity contribution in [2.24, 2.45) is 0 Å². The summed E-state index contributed by atoms with van der Waals surface area (Å²) in [5.74, 6) is -0.455. The van der Waals surface area contributed by atoms with Crippen LogP contribution in [0.3, 0.4) is 0 Å². The summed E-state index contributed by atoms with van der Waals surface area (Å²) in [4.78, 5) is 36.0. The molecule has 0 saturated carbocycles. The molecule has 0 atom stereocenters. The number of aryl methyl sites for hydroxylation is 1. The minimum atomic E-state index is -0.770. The van der Waals surface area contributed by atoms with Gasteiger partial charge < -0.3 is 16.0 Å². The number of nitrogens with zero attached hydrogens (tertiary/aromatic N) is 4. The number of nitro groups is 1. The molecule has 11 heteroatoms. The summed E-state index contributed by atoms with van der Waals surface area (Å²) in [5.41, 5.74) is 1.34. The Morgan fingerprint density at radius 3 is 2.61 bits per heavy atom. The number of amides is 1. The predicted molar refractivity (Wildman–Crippen MR) is 121 cm³/mol. The lowest BCUT2D eigenvalue weighted by Crippen LogP contribution is -2.25. The summed E-state index contributed by atoms with van der Waals surface area (Å²) >= 11 is 0. The third-order valence-electron chi connectivity index (χ3n) is 5.26. The van der Waals surface area contributed by atoms with Crippen LogP contribution >= 0.6 is 0 Å². The van der Waals surface area contributed by atoms with Gasteiger partial charge in [-0.15, -0.1) is 0 Å². The van der Waals surface area contributed by atoms with Crippen LogP contribution in [-0.2, 0) is 0 Å². The largest absolute Gasteiger partial charge is 0.370 e. The van der Waals surface area contributed by atoms with E-state index in [9.17, 15) is 19.3 Å². The van der Waals surface area contributed by atoms with Crippen molar-refractivity contribution < 1.29 is 14.1 Å². The summed E-state index contributed by atoms with van der Waals surface area (Å²) in [7, 11) is 0. The number of rotatable bonds is 1. The molecular formula is C22H22FN7O3. The second-order valence-corrected chi connectivity index (χ2v) is 7.64. The van der Waals surface area contributed by atoms with E-state index >= 15 is 0 Å². The number of carbonyl (C=O) groups is 1. The first-order valence-corrected chi connectivity index (χ1v) is 10.5. The number of anilines is 3. The molecule has 0 saturated heterocycles. The van der Waals surface area contributed by atoms with Gasteiger partial charge in [0.2, 0.25) is 11.9 Å². The lowest BCUT2D eigenvalue weighted by molar-refractivity contribution is -0.385. The first kappa shape index (κ1) is 22.1. The summed E-state index contributed by atoms with van der Waals surface area (Å²) in [6.07, 6.45) is 5.30. The second kappa shape index (κ2) is 9.55. The molecule has 0 unspecified atom stereocenters. The summed E-state index contributed by atoms with van der Waals surface area (Å²) in [5, 5.41) is 20.5. The van der Waals surface area contributed by atoms with Crippen molar-refractivity contribution in [3.05, 3.63) is 63.8 Å². The zero-order valence-corrected chi connectivity index (χ0v) is 17.9. The molecule has 0 aliphatic carbocycles. The lowest BCUT2D eigenvalue weighted by Gasteiger charge is -2.12. The molecule has 3 N–H and O–H groups in total. The highest BCUT2D eigenvalue weighted by Crippen LogP contribution is 2.30. The number of hydrogen-bond donors (Lipinski definition) is 3. The van der Waals surface area contributed by atoms with Crippen molar-refractivity contribution in [2.75, 3.05) is 23.7 Å². The number of carbonyl (C=O) groups excluding carboxylic acids is 1. The normalized spacial score (nSPS) is 14.2. The smallest absolute Gasteiger partial charge is 0.282 e. The van der Waals surface area contributed by atoms with Crippen molar-refractivity contribution in [3.8, 4) is 11.1 Å². The number of nitro benzene ring substituents is 1. The average Bonchev–Trinajstić information content (AvgIpc) is 2.80. The van der Waals surface area contributed by atoms with Gasteiger partial charge in [-0.1, -0.05) is 6.07 Å². The second-order valence-electron chi connectivity index (χ2n) is 7.64. The number of benzene rings is 1. The monoisotopic (exact) mass is 451 g/mol. The Labute approximate surface area is 188 Å². The Morgan fingerprint density at radius 1 is 1.03 bits per heavy atom. The number of hydrogen-bond acceptors (Lipinski definition) is 8. The fraction of sp³-hybridized carbons (Fsp3) is 0.273. The molecule has 2 aliphatic heterocycles. The first-order chi connectivity index (χ1) is 15.9. The van der Waals surface area contributed by atoms with E-state index in [0.717, 1.165) is 24.8 Å². The van der Waals surface area contributed by atoms with Crippen molar-refractivity contribution in [3.63, 3.8) is 0 Å². The molecule has 0 radical (unpaired) electrons. The summed E-state index contributed by atoms with van der Waals surface area (Å²) < 4.78 is 14.4. The molecule has 0 spiro atoms. The van der Waals surface area contributed by atoms with E-state index < -0.39 is 16.8 Å². The van der Waals surface area contributed by atoms with Gasteiger partial charge in [0.05, 0.1) is 10.6 Å². The predicted octanol–water partition coefficient (Wildman–Crippen LogP) is 3.96. The van der Waals surface area contributed by atoms with Gasteiger partial charge in [-0.05, 0) is 43.9 Å². The summed E-state index contributed by atoms with van der Waals surface area (Å²) in [6, 6.07) is 5.71. The molecule has 170 valence electrons. The van der Waals surface area contributed by atoms with Crippen LogP contribution in [0.1, 0.15) is 35.2 Å². The van der Waals surface area contributed by atoms with Crippen LogP contribution < -0.4 is 16.0 Å². The van der Waals surface area contributed by atoms with Crippen LogP contribution in [0.2, 0.25) is 0 Å². The third kappa shape index (κ3) is 5.03. The molecule has 33 heavy (non-hydrogen) atoms. The molecule has 1 aromatic carbocycles. The van der Waals surface area contributed by atoms with Gasteiger partial charge in [0.15, 0.2) is 0 Å². The first-order valence-electron chi connectivity index (χ1n) is 10.5. The van der Waals surface area contributed by atoms with E-state index in [1.807, 2.05) is 6.92 Å². The van der Waals surface area contributed by atoms with Crippen LogP contribution in [0, 0.1) is 23.0 Å². The van der Waals surface area contributed by atoms with E-state index in [2.05, 4.69) is 30.9 Å². The van der Waals surface area contributed by atoms with Crippen molar-refractivity contribution in [2.45, 2.75) is 26.2 Å². The minimum absolute atomic E-state index is 0.0182. The number of aromatic nitrogens is 3. The molecule has 10 nitrogen and oxygen atoms in total. The van der Waals surface area contributed by atoms with E-state index in [1.165, 1.54) is 24.4 Å². The molecule has 2 aliphatic rings.